The molecule has 9 nitrogen and oxygen atoms in total. The van der Waals surface area contributed by atoms with Crippen LogP contribution >= 0.6 is 15.9 Å². The Morgan fingerprint density at radius 3 is 2.84 bits per heavy atom. The number of hydrogen-bond acceptors (Lipinski definition) is 7. The van der Waals surface area contributed by atoms with Crippen molar-refractivity contribution >= 4 is 44.5 Å². The molecule has 0 saturated carbocycles. The second-order valence-corrected chi connectivity index (χ2v) is 8.48. The Hall–Kier alpha value is -2.72. The number of furan rings is 1. The number of hydrogen-bond donors (Lipinski definition) is 0. The molecule has 0 unspecified atom stereocenters. The zero-order valence-electron chi connectivity index (χ0n) is 18.2. The normalized spacial score (nSPS) is 18.6. The topological polar surface area (TPSA) is 99.7 Å². The van der Waals surface area contributed by atoms with Crippen LogP contribution in [0.4, 0.5) is 10.5 Å². The summed E-state index contributed by atoms with van der Waals surface area (Å²) in [6, 6.07) is 1.54. The Kier molecular flexibility index (Phi) is 6.61. The van der Waals surface area contributed by atoms with Gasteiger partial charge in [0.1, 0.15) is 10.3 Å². The molecule has 10 heteroatoms. The molecule has 1 aliphatic rings. The summed E-state index contributed by atoms with van der Waals surface area (Å²) in [6.45, 7) is 4.54. The Bertz CT molecular complexity index is 1140. The fourth-order valence-corrected chi connectivity index (χ4v) is 4.35. The summed E-state index contributed by atoms with van der Waals surface area (Å²) in [5, 5.41) is 4.70. The zero-order chi connectivity index (χ0) is 22.8. The number of ether oxygens (including phenoxy) is 2. The summed E-state index contributed by atoms with van der Waals surface area (Å²) in [7, 11) is 1.73. The molecule has 2 atom stereocenters. The van der Waals surface area contributed by atoms with Gasteiger partial charge < -0.3 is 13.9 Å². The van der Waals surface area contributed by atoms with Crippen molar-refractivity contribution in [2.45, 2.75) is 45.3 Å². The second-order valence-electron chi connectivity index (χ2n) is 7.66. The molecule has 0 radical (unpaired) electrons. The van der Waals surface area contributed by atoms with Crippen molar-refractivity contribution in [1.82, 2.24) is 14.8 Å². The van der Waals surface area contributed by atoms with Crippen LogP contribution in [0.3, 0.4) is 0 Å². The van der Waals surface area contributed by atoms with E-state index in [2.05, 4.69) is 32.9 Å². The molecule has 1 amide bonds. The summed E-state index contributed by atoms with van der Waals surface area (Å²) >= 11 is 3.39. The van der Waals surface area contributed by atoms with Gasteiger partial charge in [0.2, 0.25) is 5.78 Å². The van der Waals surface area contributed by atoms with E-state index in [1.165, 1.54) is 12.4 Å². The first-order valence-electron chi connectivity index (χ1n) is 10.6. The number of carbonyl (C=O) groups excluding carboxylic acids is 2. The number of aromatic nitrogens is 3. The van der Waals surface area contributed by atoms with E-state index in [9.17, 15) is 9.59 Å². The molecule has 0 bridgehead atoms. The van der Waals surface area contributed by atoms with E-state index in [0.29, 0.717) is 46.3 Å². The number of pyridine rings is 1. The Morgan fingerprint density at radius 1 is 1.34 bits per heavy atom. The lowest BCUT2D eigenvalue weighted by Crippen LogP contribution is -2.46. The van der Waals surface area contributed by atoms with Crippen molar-refractivity contribution in [2.75, 3.05) is 18.1 Å². The summed E-state index contributed by atoms with van der Waals surface area (Å²) in [5.41, 5.74) is 1.16. The van der Waals surface area contributed by atoms with Crippen LogP contribution in [0.25, 0.3) is 11.0 Å². The van der Waals surface area contributed by atoms with E-state index in [1.54, 1.807) is 35.8 Å². The lowest BCUT2D eigenvalue weighted by atomic mass is 9.98. The molecule has 0 aromatic carbocycles. The van der Waals surface area contributed by atoms with E-state index < -0.39 is 6.09 Å². The van der Waals surface area contributed by atoms with Gasteiger partial charge in [-0.3, -0.25) is 14.4 Å². The first-order valence-corrected chi connectivity index (χ1v) is 11.4. The molecular weight excluding hydrogens is 480 g/mol. The maximum absolute atomic E-state index is 13.4. The van der Waals surface area contributed by atoms with Gasteiger partial charge in [0, 0.05) is 31.3 Å². The number of anilines is 1. The van der Waals surface area contributed by atoms with Gasteiger partial charge in [-0.1, -0.05) is 6.92 Å². The van der Waals surface area contributed by atoms with Crippen molar-refractivity contribution in [3.8, 4) is 0 Å². The highest BCUT2D eigenvalue weighted by Crippen LogP contribution is 2.39. The predicted octanol–water partition coefficient (Wildman–Crippen LogP) is 4.48. The average Bonchev–Trinajstić information content (AvgIpc) is 3.38. The molecule has 0 aliphatic carbocycles. The van der Waals surface area contributed by atoms with Gasteiger partial charge in [-0.15, -0.1) is 0 Å². The van der Waals surface area contributed by atoms with Crippen molar-refractivity contribution in [1.29, 1.82) is 0 Å². The summed E-state index contributed by atoms with van der Waals surface area (Å²) in [6.07, 6.45) is 6.21. The molecule has 3 aromatic rings. The minimum atomic E-state index is -0.523. The number of ketones is 1. The van der Waals surface area contributed by atoms with Crippen LogP contribution in [0.2, 0.25) is 0 Å². The molecule has 3 aromatic heterocycles. The van der Waals surface area contributed by atoms with Crippen LogP contribution < -0.4 is 4.90 Å². The Balaban J connectivity index is 1.90. The van der Waals surface area contributed by atoms with E-state index in [1.807, 2.05) is 0 Å². The molecule has 1 fully saturated rings. The van der Waals surface area contributed by atoms with Crippen molar-refractivity contribution in [2.24, 2.45) is 7.05 Å². The standard InChI is InChI=1S/C22H25BrN4O5/c1-4-15-8-14(6-7-31-15)27(22(29)30-5-2)19-16-9-18(23)24-11-17(16)32-21(19)20(28)13-10-25-26(3)12-13/h9-12,14-15H,4-8H2,1-3H3/t14-,15-/m1/s1. The number of rotatable bonds is 6. The van der Waals surface area contributed by atoms with Crippen LogP contribution in [0, 0.1) is 0 Å². The highest BCUT2D eigenvalue weighted by atomic mass is 79.9. The highest BCUT2D eigenvalue weighted by molar-refractivity contribution is 9.10. The Morgan fingerprint density at radius 2 is 2.16 bits per heavy atom. The summed E-state index contributed by atoms with van der Waals surface area (Å²) in [5.74, 6) is -0.311. The van der Waals surface area contributed by atoms with Crippen LogP contribution in [0.5, 0.6) is 0 Å². The lowest BCUT2D eigenvalue weighted by molar-refractivity contribution is 0.00468. The van der Waals surface area contributed by atoms with Crippen LogP contribution in [-0.2, 0) is 16.5 Å². The number of amides is 1. The zero-order valence-corrected chi connectivity index (χ0v) is 19.8. The minimum Gasteiger partial charge on any atom is -0.449 e. The minimum absolute atomic E-state index is 0.0229. The van der Waals surface area contributed by atoms with Crippen molar-refractivity contribution < 1.29 is 23.5 Å². The lowest BCUT2D eigenvalue weighted by Gasteiger charge is -2.36. The quantitative estimate of drug-likeness (QED) is 0.360. The molecule has 4 heterocycles. The highest BCUT2D eigenvalue weighted by Gasteiger charge is 2.37. The fraction of sp³-hybridized carbons (Fsp3) is 0.455. The molecular formula is C22H25BrN4O5. The third-order valence-electron chi connectivity index (χ3n) is 5.56. The van der Waals surface area contributed by atoms with E-state index in [4.69, 9.17) is 13.9 Å². The van der Waals surface area contributed by atoms with Crippen LogP contribution in [0.15, 0.2) is 33.7 Å². The molecule has 32 heavy (non-hydrogen) atoms. The van der Waals surface area contributed by atoms with Crippen molar-refractivity contribution in [3.63, 3.8) is 0 Å². The monoisotopic (exact) mass is 504 g/mol. The third-order valence-corrected chi connectivity index (χ3v) is 5.99. The van der Waals surface area contributed by atoms with Gasteiger partial charge in [-0.2, -0.15) is 5.10 Å². The number of halogens is 1. The molecule has 1 aliphatic heterocycles. The molecule has 4 rings (SSSR count). The van der Waals surface area contributed by atoms with Gasteiger partial charge in [0.05, 0.1) is 30.7 Å². The summed E-state index contributed by atoms with van der Waals surface area (Å²) < 4.78 is 19.3. The molecule has 170 valence electrons. The number of nitrogens with zero attached hydrogens (tertiary/aromatic N) is 4. The first-order chi connectivity index (χ1) is 15.4. The molecule has 0 spiro atoms. The van der Waals surface area contributed by atoms with Gasteiger partial charge in [-0.05, 0) is 48.2 Å². The maximum atomic E-state index is 13.4. The van der Waals surface area contributed by atoms with Crippen LogP contribution in [0.1, 0.15) is 49.2 Å². The van der Waals surface area contributed by atoms with E-state index in [0.717, 1.165) is 6.42 Å². The number of aryl methyl sites for hydroxylation is 1. The smallest absolute Gasteiger partial charge is 0.414 e. The van der Waals surface area contributed by atoms with E-state index in [-0.39, 0.29) is 30.3 Å². The Labute approximate surface area is 193 Å². The maximum Gasteiger partial charge on any atom is 0.414 e. The van der Waals surface area contributed by atoms with Gasteiger partial charge >= 0.3 is 6.09 Å². The first kappa shape index (κ1) is 22.5. The van der Waals surface area contributed by atoms with Gasteiger partial charge in [-0.25, -0.2) is 9.78 Å². The largest absolute Gasteiger partial charge is 0.449 e. The number of fused-ring (bicyclic) bond motifs is 1. The molecule has 1 saturated heterocycles. The second kappa shape index (κ2) is 9.41. The number of carbonyl (C=O) groups is 2. The fourth-order valence-electron chi connectivity index (χ4n) is 4.02. The summed E-state index contributed by atoms with van der Waals surface area (Å²) in [4.78, 5) is 32.5. The SMILES string of the molecule is CCOC(=O)N(c1c(C(=O)c2cnn(C)c2)oc2cnc(Br)cc12)[C@@H]1CCO[C@H](CC)C1. The van der Waals surface area contributed by atoms with Gasteiger partial charge in [0.25, 0.3) is 0 Å². The predicted molar refractivity (Wildman–Crippen MR) is 121 cm³/mol. The van der Waals surface area contributed by atoms with Crippen molar-refractivity contribution in [3.05, 3.63) is 40.6 Å². The van der Waals surface area contributed by atoms with E-state index >= 15 is 0 Å². The van der Waals surface area contributed by atoms with Crippen LogP contribution in [-0.4, -0.2) is 52.0 Å². The average molecular weight is 505 g/mol. The van der Waals surface area contributed by atoms with Gasteiger partial charge in [0.15, 0.2) is 11.3 Å². The third kappa shape index (κ3) is 4.29. The molecule has 0 N–H and O–H groups in total.